The molecule has 1 aliphatic heterocycles. The fourth-order valence-electron chi connectivity index (χ4n) is 2.85. The summed E-state index contributed by atoms with van der Waals surface area (Å²) < 4.78 is 12.4. The van der Waals surface area contributed by atoms with Gasteiger partial charge in [0.05, 0.1) is 12.7 Å². The van der Waals surface area contributed by atoms with Crippen LogP contribution in [0.2, 0.25) is 0 Å². The molecule has 0 saturated carbocycles. The second-order valence-corrected chi connectivity index (χ2v) is 6.70. The quantitative estimate of drug-likeness (QED) is 0.770. The Labute approximate surface area is 136 Å². The summed E-state index contributed by atoms with van der Waals surface area (Å²) in [6, 6.07) is 4.79. The molecule has 0 aliphatic carbocycles. The van der Waals surface area contributed by atoms with Crippen molar-refractivity contribution in [3.63, 3.8) is 0 Å². The number of methoxy groups -OCH3 is 1. The monoisotopic (exact) mass is 355 g/mol. The highest BCUT2D eigenvalue weighted by molar-refractivity contribution is 9.10. The van der Waals surface area contributed by atoms with Crippen molar-refractivity contribution in [1.82, 2.24) is 5.32 Å². The lowest BCUT2D eigenvalue weighted by Crippen LogP contribution is -2.35. The number of nitrogens with one attached hydrogen (secondary N) is 1. The molecular formula is C17H26BrNO2. The maximum Gasteiger partial charge on any atom is 0.125 e. The van der Waals surface area contributed by atoms with Crippen LogP contribution in [0.4, 0.5) is 0 Å². The number of fused-ring (bicyclic) bond motifs is 1. The normalized spacial score (nSPS) is 16.4. The summed E-state index contributed by atoms with van der Waals surface area (Å²) >= 11 is 3.62. The van der Waals surface area contributed by atoms with Gasteiger partial charge in [0.15, 0.2) is 0 Å². The molecule has 1 N–H and O–H groups in total. The van der Waals surface area contributed by atoms with Crippen LogP contribution < -0.4 is 10.1 Å². The summed E-state index contributed by atoms with van der Waals surface area (Å²) in [6.07, 6.45) is 4.42. The lowest BCUT2D eigenvalue weighted by molar-refractivity contribution is 0.100. The van der Waals surface area contributed by atoms with Gasteiger partial charge in [0.1, 0.15) is 5.75 Å². The van der Waals surface area contributed by atoms with Crippen molar-refractivity contribution in [1.29, 1.82) is 0 Å². The average molecular weight is 356 g/mol. The van der Waals surface area contributed by atoms with Crippen LogP contribution in [-0.2, 0) is 17.6 Å². The minimum Gasteiger partial charge on any atom is -0.493 e. The van der Waals surface area contributed by atoms with Crippen molar-refractivity contribution in [3.05, 3.63) is 27.7 Å². The van der Waals surface area contributed by atoms with Gasteiger partial charge in [-0.15, -0.1) is 0 Å². The van der Waals surface area contributed by atoms with E-state index in [4.69, 9.17) is 9.47 Å². The van der Waals surface area contributed by atoms with Gasteiger partial charge in [0.2, 0.25) is 0 Å². The van der Waals surface area contributed by atoms with Crippen molar-refractivity contribution in [2.24, 2.45) is 0 Å². The molecule has 0 saturated heterocycles. The maximum atomic E-state index is 5.84. The fraction of sp³-hybridized carbons (Fsp3) is 0.647. The number of halogens is 1. The first-order valence-corrected chi connectivity index (χ1v) is 8.63. The Bertz CT molecular complexity index is 464. The van der Waals surface area contributed by atoms with Crippen molar-refractivity contribution >= 4 is 15.9 Å². The fourth-order valence-corrected chi connectivity index (χ4v) is 3.40. The molecule has 1 heterocycles. The number of hydrogen-bond donors (Lipinski definition) is 1. The molecule has 1 aromatic carbocycles. The summed E-state index contributed by atoms with van der Waals surface area (Å²) in [7, 11) is 1.78. The van der Waals surface area contributed by atoms with E-state index in [0.717, 1.165) is 49.1 Å². The molecule has 0 spiro atoms. The molecule has 118 valence electrons. The first kappa shape index (κ1) is 16.8. The Kier molecular flexibility index (Phi) is 6.52. The van der Waals surface area contributed by atoms with Gasteiger partial charge in [0.25, 0.3) is 0 Å². The molecular weight excluding hydrogens is 330 g/mol. The van der Waals surface area contributed by atoms with Crippen molar-refractivity contribution in [2.45, 2.75) is 51.7 Å². The second-order valence-electron chi connectivity index (χ2n) is 5.79. The Hall–Kier alpha value is -0.580. The van der Waals surface area contributed by atoms with E-state index in [1.165, 1.54) is 11.1 Å². The smallest absolute Gasteiger partial charge is 0.125 e. The van der Waals surface area contributed by atoms with Crippen LogP contribution in [-0.4, -0.2) is 32.4 Å². The standard InChI is InChI=1S/C17H26BrNO2/c1-4-6-19-16(8-12(2)20-3)11-14-10-15(18)9-13-5-7-21-17(13)14/h9-10,12,16,19H,4-8,11H2,1-3H3. The third kappa shape index (κ3) is 4.70. The van der Waals surface area contributed by atoms with Gasteiger partial charge < -0.3 is 14.8 Å². The number of ether oxygens (including phenoxy) is 2. The highest BCUT2D eigenvalue weighted by Crippen LogP contribution is 2.34. The molecule has 2 rings (SSSR count). The predicted octanol–water partition coefficient (Wildman–Crippen LogP) is 3.72. The Morgan fingerprint density at radius 2 is 2.24 bits per heavy atom. The van der Waals surface area contributed by atoms with Crippen molar-refractivity contribution in [3.8, 4) is 5.75 Å². The van der Waals surface area contributed by atoms with Gasteiger partial charge in [-0.1, -0.05) is 22.9 Å². The molecule has 4 heteroatoms. The van der Waals surface area contributed by atoms with Crippen molar-refractivity contribution in [2.75, 3.05) is 20.3 Å². The molecule has 1 aromatic rings. The van der Waals surface area contributed by atoms with E-state index in [1.54, 1.807) is 7.11 Å². The van der Waals surface area contributed by atoms with Gasteiger partial charge in [-0.3, -0.25) is 0 Å². The summed E-state index contributed by atoms with van der Waals surface area (Å²) in [5.41, 5.74) is 2.63. The van der Waals surface area contributed by atoms with Gasteiger partial charge in [-0.2, -0.15) is 0 Å². The maximum absolute atomic E-state index is 5.84. The van der Waals surface area contributed by atoms with E-state index in [2.05, 4.69) is 47.2 Å². The molecule has 1 aliphatic rings. The van der Waals surface area contributed by atoms with E-state index in [-0.39, 0.29) is 6.10 Å². The van der Waals surface area contributed by atoms with Crippen LogP contribution in [0, 0.1) is 0 Å². The van der Waals surface area contributed by atoms with E-state index in [0.29, 0.717) is 6.04 Å². The van der Waals surface area contributed by atoms with Gasteiger partial charge in [0, 0.05) is 24.0 Å². The molecule has 3 nitrogen and oxygen atoms in total. The van der Waals surface area contributed by atoms with Crippen LogP contribution in [0.15, 0.2) is 16.6 Å². The van der Waals surface area contributed by atoms with E-state index in [1.807, 2.05) is 0 Å². The third-order valence-electron chi connectivity index (χ3n) is 3.99. The van der Waals surface area contributed by atoms with Crippen molar-refractivity contribution < 1.29 is 9.47 Å². The Morgan fingerprint density at radius 3 is 2.95 bits per heavy atom. The Morgan fingerprint density at radius 1 is 1.43 bits per heavy atom. The average Bonchev–Trinajstić information content (AvgIpc) is 2.92. The van der Waals surface area contributed by atoms with Gasteiger partial charge >= 0.3 is 0 Å². The number of rotatable bonds is 8. The van der Waals surface area contributed by atoms with E-state index < -0.39 is 0 Å². The van der Waals surface area contributed by atoms with Gasteiger partial charge in [-0.25, -0.2) is 0 Å². The van der Waals surface area contributed by atoms with E-state index >= 15 is 0 Å². The zero-order valence-electron chi connectivity index (χ0n) is 13.2. The lowest BCUT2D eigenvalue weighted by atomic mass is 9.98. The number of hydrogen-bond acceptors (Lipinski definition) is 3. The molecule has 0 amide bonds. The summed E-state index contributed by atoms with van der Waals surface area (Å²) in [4.78, 5) is 0. The van der Waals surface area contributed by atoms with E-state index in [9.17, 15) is 0 Å². The summed E-state index contributed by atoms with van der Waals surface area (Å²) in [5.74, 6) is 1.10. The summed E-state index contributed by atoms with van der Waals surface area (Å²) in [6.45, 7) is 6.17. The molecule has 2 atom stereocenters. The largest absolute Gasteiger partial charge is 0.493 e. The SMILES string of the molecule is CCCNC(Cc1cc(Br)cc2c1OCC2)CC(C)OC. The first-order valence-electron chi connectivity index (χ1n) is 7.84. The third-order valence-corrected chi connectivity index (χ3v) is 4.45. The van der Waals surface area contributed by atoms with Crippen LogP contribution in [0.1, 0.15) is 37.8 Å². The molecule has 0 aromatic heterocycles. The highest BCUT2D eigenvalue weighted by atomic mass is 79.9. The van der Waals surface area contributed by atoms with Crippen LogP contribution in [0.25, 0.3) is 0 Å². The lowest BCUT2D eigenvalue weighted by Gasteiger charge is -2.23. The zero-order chi connectivity index (χ0) is 15.2. The molecule has 0 bridgehead atoms. The first-order chi connectivity index (χ1) is 10.1. The zero-order valence-corrected chi connectivity index (χ0v) is 14.8. The second kappa shape index (κ2) is 8.16. The Balaban J connectivity index is 2.12. The van der Waals surface area contributed by atoms with Crippen LogP contribution >= 0.6 is 15.9 Å². The molecule has 0 fully saturated rings. The van der Waals surface area contributed by atoms with Crippen LogP contribution in [0.5, 0.6) is 5.75 Å². The van der Waals surface area contributed by atoms with Gasteiger partial charge in [-0.05, 0) is 56.0 Å². The molecule has 2 unspecified atom stereocenters. The minimum atomic E-state index is 0.264. The molecule has 0 radical (unpaired) electrons. The summed E-state index contributed by atoms with van der Waals surface area (Å²) in [5, 5.41) is 3.64. The highest BCUT2D eigenvalue weighted by Gasteiger charge is 2.21. The number of benzene rings is 1. The van der Waals surface area contributed by atoms with Crippen LogP contribution in [0.3, 0.4) is 0 Å². The topological polar surface area (TPSA) is 30.5 Å². The molecule has 21 heavy (non-hydrogen) atoms. The predicted molar refractivity (Wildman–Crippen MR) is 90.2 cm³/mol. The minimum absolute atomic E-state index is 0.264.